The number of benzene rings is 2. The number of carbonyl (C=O) groups excluding carboxylic acids is 2. The van der Waals surface area contributed by atoms with Crippen LogP contribution in [0.5, 0.6) is 5.75 Å². The molecule has 2 aromatic rings. The average Bonchev–Trinajstić information content (AvgIpc) is 3.29. The lowest BCUT2D eigenvalue weighted by molar-refractivity contribution is -0.132. The van der Waals surface area contributed by atoms with Crippen LogP contribution in [-0.4, -0.2) is 41.2 Å². The van der Waals surface area contributed by atoms with E-state index in [2.05, 4.69) is 11.4 Å². The number of amides is 3. The standard InChI is InChI=1S/C25H30N2O4/c1-15-8-9-16(2)22(17(15)3)31-14-21(28)13-27-23(29)25(4,26-24(27)30)20-11-10-18-6-5-7-19(18)12-20/h8-12,21,28H,5-7,13-14H2,1-4H3,(H,26,30). The predicted octanol–water partition coefficient (Wildman–Crippen LogP) is 3.31. The molecular formula is C25H30N2O4. The Bertz CT molecular complexity index is 1050. The SMILES string of the molecule is Cc1ccc(C)c(OCC(O)CN2C(=O)NC(C)(c3ccc4c(c3)CCC4)C2=O)c1C. The highest BCUT2D eigenvalue weighted by atomic mass is 16.5. The molecule has 1 fully saturated rings. The van der Waals surface area contributed by atoms with Gasteiger partial charge in [-0.2, -0.15) is 0 Å². The lowest BCUT2D eigenvalue weighted by Gasteiger charge is -2.24. The first kappa shape index (κ1) is 21.4. The largest absolute Gasteiger partial charge is 0.490 e. The highest BCUT2D eigenvalue weighted by Crippen LogP contribution is 2.33. The molecule has 1 heterocycles. The molecule has 1 aliphatic heterocycles. The van der Waals surface area contributed by atoms with Gasteiger partial charge in [0.2, 0.25) is 0 Å². The van der Waals surface area contributed by atoms with E-state index in [1.54, 1.807) is 6.92 Å². The summed E-state index contributed by atoms with van der Waals surface area (Å²) < 4.78 is 5.86. The monoisotopic (exact) mass is 422 g/mol. The fourth-order valence-electron chi connectivity index (χ4n) is 4.53. The van der Waals surface area contributed by atoms with Gasteiger partial charge in [-0.25, -0.2) is 4.79 Å². The van der Waals surface area contributed by atoms with Crippen molar-refractivity contribution in [1.29, 1.82) is 0 Å². The number of carbonyl (C=O) groups is 2. The lowest BCUT2D eigenvalue weighted by Crippen LogP contribution is -2.42. The number of rotatable bonds is 6. The second-order valence-corrected chi connectivity index (χ2v) is 8.93. The van der Waals surface area contributed by atoms with Crippen LogP contribution in [0.4, 0.5) is 4.79 Å². The average molecular weight is 423 g/mol. The van der Waals surface area contributed by atoms with E-state index in [0.717, 1.165) is 52.2 Å². The highest BCUT2D eigenvalue weighted by Gasteiger charge is 2.49. The molecular weight excluding hydrogens is 392 g/mol. The molecule has 4 rings (SSSR count). The molecule has 2 aromatic carbocycles. The molecule has 6 heteroatoms. The van der Waals surface area contributed by atoms with Gasteiger partial charge in [0.15, 0.2) is 0 Å². The van der Waals surface area contributed by atoms with Gasteiger partial charge < -0.3 is 15.2 Å². The van der Waals surface area contributed by atoms with Crippen molar-refractivity contribution >= 4 is 11.9 Å². The van der Waals surface area contributed by atoms with Gasteiger partial charge in [0, 0.05) is 0 Å². The van der Waals surface area contributed by atoms with Gasteiger partial charge in [-0.3, -0.25) is 9.69 Å². The van der Waals surface area contributed by atoms with Crippen LogP contribution in [0, 0.1) is 20.8 Å². The molecule has 2 unspecified atom stereocenters. The molecule has 3 amide bonds. The topological polar surface area (TPSA) is 78.9 Å². The summed E-state index contributed by atoms with van der Waals surface area (Å²) in [5.74, 6) is 0.386. The minimum atomic E-state index is -1.13. The molecule has 2 aliphatic rings. The molecule has 6 nitrogen and oxygen atoms in total. The van der Waals surface area contributed by atoms with Crippen molar-refractivity contribution in [2.45, 2.75) is 58.6 Å². The number of ether oxygens (including phenoxy) is 1. The van der Waals surface area contributed by atoms with Crippen molar-refractivity contribution in [3.8, 4) is 5.75 Å². The number of aliphatic hydroxyl groups excluding tert-OH is 1. The fourth-order valence-corrected chi connectivity index (χ4v) is 4.53. The molecule has 0 aromatic heterocycles. The number of imide groups is 1. The van der Waals surface area contributed by atoms with Crippen molar-refractivity contribution < 1.29 is 19.4 Å². The van der Waals surface area contributed by atoms with Crippen LogP contribution in [0.3, 0.4) is 0 Å². The summed E-state index contributed by atoms with van der Waals surface area (Å²) in [6.07, 6.45) is 2.19. The summed E-state index contributed by atoms with van der Waals surface area (Å²) in [5.41, 5.74) is 5.33. The summed E-state index contributed by atoms with van der Waals surface area (Å²) in [4.78, 5) is 26.9. The van der Waals surface area contributed by atoms with Crippen LogP contribution >= 0.6 is 0 Å². The molecule has 0 spiro atoms. The zero-order valence-electron chi connectivity index (χ0n) is 18.6. The van der Waals surface area contributed by atoms with Crippen LogP contribution in [-0.2, 0) is 23.2 Å². The molecule has 0 saturated carbocycles. The van der Waals surface area contributed by atoms with Crippen LogP contribution in [0.25, 0.3) is 0 Å². The number of hydrogen-bond donors (Lipinski definition) is 2. The number of fused-ring (bicyclic) bond motifs is 1. The van der Waals surface area contributed by atoms with Crippen molar-refractivity contribution in [1.82, 2.24) is 10.2 Å². The van der Waals surface area contributed by atoms with Crippen LogP contribution in [0.1, 0.15) is 46.7 Å². The van der Waals surface area contributed by atoms with Gasteiger partial charge >= 0.3 is 6.03 Å². The molecule has 0 radical (unpaired) electrons. The van der Waals surface area contributed by atoms with Crippen LogP contribution in [0.15, 0.2) is 30.3 Å². The van der Waals surface area contributed by atoms with Crippen LogP contribution in [0.2, 0.25) is 0 Å². The van der Waals surface area contributed by atoms with Gasteiger partial charge in [0.25, 0.3) is 5.91 Å². The third-order valence-electron chi connectivity index (χ3n) is 6.64. The Balaban J connectivity index is 1.45. The second kappa shape index (κ2) is 8.00. The molecule has 1 saturated heterocycles. The maximum absolute atomic E-state index is 13.2. The van der Waals surface area contributed by atoms with Gasteiger partial charge in [-0.15, -0.1) is 0 Å². The molecule has 2 N–H and O–H groups in total. The quantitative estimate of drug-likeness (QED) is 0.700. The van der Waals surface area contributed by atoms with Crippen molar-refractivity contribution in [3.05, 3.63) is 63.7 Å². The Labute approximate surface area is 183 Å². The van der Waals surface area contributed by atoms with Crippen LogP contribution < -0.4 is 10.1 Å². The predicted molar refractivity (Wildman–Crippen MR) is 118 cm³/mol. The fraction of sp³-hybridized carbons (Fsp3) is 0.440. The van der Waals surface area contributed by atoms with E-state index >= 15 is 0 Å². The first-order valence-corrected chi connectivity index (χ1v) is 10.8. The zero-order chi connectivity index (χ0) is 22.3. The lowest BCUT2D eigenvalue weighted by atomic mass is 9.89. The maximum Gasteiger partial charge on any atom is 0.325 e. The normalized spacial score (nSPS) is 21.3. The number of nitrogens with one attached hydrogen (secondary N) is 1. The Hall–Kier alpha value is -2.86. The van der Waals surface area contributed by atoms with E-state index < -0.39 is 17.7 Å². The van der Waals surface area contributed by atoms with Gasteiger partial charge in [-0.05, 0) is 80.3 Å². The summed E-state index contributed by atoms with van der Waals surface area (Å²) >= 11 is 0. The molecule has 2 atom stereocenters. The van der Waals surface area contributed by atoms with E-state index in [9.17, 15) is 14.7 Å². The number of β-amino-alcohol motifs (C(OH)–C–C–N with tert-alkyl or cyclic N) is 1. The smallest absolute Gasteiger partial charge is 0.325 e. The van der Waals surface area contributed by atoms with E-state index in [1.807, 2.05) is 45.0 Å². The first-order valence-electron chi connectivity index (χ1n) is 10.8. The number of aryl methyl sites for hydroxylation is 4. The molecule has 31 heavy (non-hydrogen) atoms. The molecule has 164 valence electrons. The van der Waals surface area contributed by atoms with Gasteiger partial charge in [-0.1, -0.05) is 30.3 Å². The summed E-state index contributed by atoms with van der Waals surface area (Å²) in [6, 6.07) is 9.53. The van der Waals surface area contributed by atoms with Gasteiger partial charge in [0.1, 0.15) is 24.0 Å². The maximum atomic E-state index is 13.2. The van der Waals surface area contributed by atoms with E-state index in [-0.39, 0.29) is 19.1 Å². The summed E-state index contributed by atoms with van der Waals surface area (Å²) in [5, 5.41) is 13.4. The van der Waals surface area contributed by atoms with E-state index in [4.69, 9.17) is 4.74 Å². The number of aliphatic hydroxyl groups is 1. The third-order valence-corrected chi connectivity index (χ3v) is 6.64. The highest BCUT2D eigenvalue weighted by molar-refractivity contribution is 6.07. The van der Waals surface area contributed by atoms with Crippen molar-refractivity contribution in [3.63, 3.8) is 0 Å². The summed E-state index contributed by atoms with van der Waals surface area (Å²) in [7, 11) is 0. The van der Waals surface area contributed by atoms with E-state index in [0.29, 0.717) is 0 Å². The van der Waals surface area contributed by atoms with E-state index in [1.165, 1.54) is 11.1 Å². The second-order valence-electron chi connectivity index (χ2n) is 8.93. The molecule has 0 bridgehead atoms. The number of hydrogen-bond acceptors (Lipinski definition) is 4. The zero-order valence-corrected chi connectivity index (χ0v) is 18.6. The number of nitrogens with zero attached hydrogens (tertiary/aromatic N) is 1. The Morgan fingerprint density at radius 3 is 2.58 bits per heavy atom. The first-order chi connectivity index (χ1) is 14.7. The molecule has 1 aliphatic carbocycles. The minimum Gasteiger partial charge on any atom is -0.490 e. The number of urea groups is 1. The van der Waals surface area contributed by atoms with Gasteiger partial charge in [0.05, 0.1) is 6.54 Å². The summed E-state index contributed by atoms with van der Waals surface area (Å²) in [6.45, 7) is 7.54. The Morgan fingerprint density at radius 1 is 1.10 bits per heavy atom. The van der Waals surface area contributed by atoms with Crippen molar-refractivity contribution in [2.24, 2.45) is 0 Å². The van der Waals surface area contributed by atoms with Crippen molar-refractivity contribution in [2.75, 3.05) is 13.2 Å². The Kier molecular flexibility index (Phi) is 5.52. The third kappa shape index (κ3) is 3.81. The Morgan fingerprint density at radius 2 is 1.81 bits per heavy atom. The minimum absolute atomic E-state index is 0.00223.